The van der Waals surface area contributed by atoms with Gasteiger partial charge < -0.3 is 9.80 Å². The topological polar surface area (TPSA) is 48.9 Å². The van der Waals surface area contributed by atoms with E-state index in [-0.39, 0.29) is 11.9 Å². The molecule has 3 fully saturated rings. The lowest BCUT2D eigenvalue weighted by Crippen LogP contribution is -2.49. The van der Waals surface area contributed by atoms with E-state index in [4.69, 9.17) is 4.84 Å². The van der Waals surface area contributed by atoms with E-state index in [0.29, 0.717) is 30.7 Å². The van der Waals surface area contributed by atoms with Crippen LogP contribution in [0.25, 0.3) is 0 Å². The molecule has 4 heterocycles. The van der Waals surface area contributed by atoms with Crippen molar-refractivity contribution in [2.45, 2.75) is 37.8 Å². The Bertz CT molecular complexity index is 867. The zero-order valence-corrected chi connectivity index (χ0v) is 17.6. The monoisotopic (exact) mass is 406 g/mol. The number of benzene rings is 1. The van der Waals surface area contributed by atoms with Crippen molar-refractivity contribution >= 4 is 11.6 Å². The molecule has 1 aromatic heterocycles. The van der Waals surface area contributed by atoms with E-state index in [1.165, 1.54) is 30.5 Å². The quantitative estimate of drug-likeness (QED) is 0.781. The van der Waals surface area contributed by atoms with Gasteiger partial charge in [-0.1, -0.05) is 12.1 Å². The van der Waals surface area contributed by atoms with E-state index in [1.807, 2.05) is 29.1 Å². The van der Waals surface area contributed by atoms with Gasteiger partial charge in [0.15, 0.2) is 0 Å². The number of hydrogen-bond donors (Lipinski definition) is 0. The highest BCUT2D eigenvalue weighted by molar-refractivity contribution is 5.94. The second kappa shape index (κ2) is 8.36. The zero-order valence-electron chi connectivity index (χ0n) is 17.6. The van der Waals surface area contributed by atoms with Gasteiger partial charge in [-0.3, -0.25) is 14.6 Å². The Balaban J connectivity index is 1.42. The van der Waals surface area contributed by atoms with Gasteiger partial charge >= 0.3 is 0 Å². The van der Waals surface area contributed by atoms with Gasteiger partial charge in [-0.05, 0) is 55.5 Å². The molecular formula is C24H30N4O2. The third-order valence-electron chi connectivity index (χ3n) is 6.94. The Morgan fingerprint density at radius 3 is 2.63 bits per heavy atom. The van der Waals surface area contributed by atoms with E-state index in [1.54, 1.807) is 12.4 Å². The summed E-state index contributed by atoms with van der Waals surface area (Å²) < 4.78 is 0. The molecule has 158 valence electrons. The highest BCUT2D eigenvalue weighted by Gasteiger charge is 2.44. The smallest absolute Gasteiger partial charge is 0.255 e. The standard InChI is InChI=1S/C24H30N4O2/c1-26-22-14-23(18-7-9-21(10-8-18)27-12-3-2-4-13-27)28(16-20(22)17-30-26)24(29)19-6-5-11-25-15-19/h5-11,15,20,22-23H,2-4,12-14,16-17H2,1H3/t20-,22-,23-/m0/s1. The minimum Gasteiger partial charge on any atom is -0.372 e. The predicted molar refractivity (Wildman–Crippen MR) is 116 cm³/mol. The number of fused-ring (bicyclic) bond motifs is 1. The van der Waals surface area contributed by atoms with Crippen molar-refractivity contribution in [3.05, 3.63) is 59.9 Å². The van der Waals surface area contributed by atoms with E-state index in [2.05, 4.69) is 34.1 Å². The maximum atomic E-state index is 13.4. The number of carbonyl (C=O) groups is 1. The molecule has 0 bridgehead atoms. The van der Waals surface area contributed by atoms with Crippen molar-refractivity contribution in [2.24, 2.45) is 5.92 Å². The summed E-state index contributed by atoms with van der Waals surface area (Å²) in [7, 11) is 2.01. The number of hydrogen-bond acceptors (Lipinski definition) is 5. The van der Waals surface area contributed by atoms with Crippen molar-refractivity contribution in [1.29, 1.82) is 0 Å². The predicted octanol–water partition coefficient (Wildman–Crippen LogP) is 3.52. The van der Waals surface area contributed by atoms with Gasteiger partial charge in [-0.15, -0.1) is 0 Å². The molecule has 2 aromatic rings. The molecule has 0 unspecified atom stereocenters. The second-order valence-corrected chi connectivity index (χ2v) is 8.76. The molecule has 3 aliphatic heterocycles. The molecule has 3 saturated heterocycles. The van der Waals surface area contributed by atoms with E-state index in [9.17, 15) is 4.79 Å². The number of piperidine rings is 2. The van der Waals surface area contributed by atoms with Crippen LogP contribution in [0.5, 0.6) is 0 Å². The summed E-state index contributed by atoms with van der Waals surface area (Å²) in [6, 6.07) is 13.0. The third-order valence-corrected chi connectivity index (χ3v) is 6.94. The fourth-order valence-corrected chi connectivity index (χ4v) is 5.22. The lowest BCUT2D eigenvalue weighted by Gasteiger charge is -2.42. The number of rotatable bonds is 3. The minimum absolute atomic E-state index is 0.0403. The number of likely N-dealkylation sites (tertiary alicyclic amines) is 1. The third kappa shape index (κ3) is 3.70. The van der Waals surface area contributed by atoms with Crippen LogP contribution < -0.4 is 4.90 Å². The average Bonchev–Trinajstić information content (AvgIpc) is 3.19. The van der Waals surface area contributed by atoms with Crippen LogP contribution in [0.1, 0.15) is 47.6 Å². The fourth-order valence-electron chi connectivity index (χ4n) is 5.22. The number of anilines is 1. The number of nitrogens with zero attached hydrogens (tertiary/aromatic N) is 4. The largest absolute Gasteiger partial charge is 0.372 e. The lowest BCUT2D eigenvalue weighted by molar-refractivity contribution is -0.114. The first-order chi connectivity index (χ1) is 14.7. The van der Waals surface area contributed by atoms with Crippen LogP contribution in [-0.4, -0.2) is 60.2 Å². The molecule has 0 N–H and O–H groups in total. The summed E-state index contributed by atoms with van der Waals surface area (Å²) in [6.45, 7) is 3.67. The van der Waals surface area contributed by atoms with Gasteiger partial charge in [-0.25, -0.2) is 0 Å². The van der Waals surface area contributed by atoms with Crippen LogP contribution in [0.4, 0.5) is 5.69 Å². The first-order valence-corrected chi connectivity index (χ1v) is 11.1. The summed E-state index contributed by atoms with van der Waals surface area (Å²) >= 11 is 0. The van der Waals surface area contributed by atoms with Crippen LogP contribution in [0.3, 0.4) is 0 Å². The summed E-state index contributed by atoms with van der Waals surface area (Å²) in [5, 5.41) is 1.99. The Kier molecular flexibility index (Phi) is 5.44. The molecular weight excluding hydrogens is 376 g/mol. The molecule has 1 aromatic carbocycles. The maximum Gasteiger partial charge on any atom is 0.255 e. The fraction of sp³-hybridized carbons (Fsp3) is 0.500. The van der Waals surface area contributed by atoms with Crippen molar-refractivity contribution in [2.75, 3.05) is 38.2 Å². The summed E-state index contributed by atoms with van der Waals surface area (Å²) in [5.41, 5.74) is 3.14. The maximum absolute atomic E-state index is 13.4. The molecule has 5 rings (SSSR count). The molecule has 6 nitrogen and oxygen atoms in total. The molecule has 1 amide bonds. The Morgan fingerprint density at radius 2 is 1.90 bits per heavy atom. The van der Waals surface area contributed by atoms with Crippen LogP contribution in [0.2, 0.25) is 0 Å². The molecule has 30 heavy (non-hydrogen) atoms. The first kappa shape index (κ1) is 19.5. The molecule has 0 aliphatic carbocycles. The number of amides is 1. The first-order valence-electron chi connectivity index (χ1n) is 11.1. The van der Waals surface area contributed by atoms with Crippen LogP contribution in [0, 0.1) is 5.92 Å². The van der Waals surface area contributed by atoms with Crippen molar-refractivity contribution in [3.63, 3.8) is 0 Å². The summed E-state index contributed by atoms with van der Waals surface area (Å²) in [5.74, 6) is 0.403. The molecule has 0 saturated carbocycles. The minimum atomic E-state index is 0.0403. The van der Waals surface area contributed by atoms with Gasteiger partial charge in [0, 0.05) is 56.7 Å². The highest BCUT2D eigenvalue weighted by Crippen LogP contribution is 2.39. The zero-order chi connectivity index (χ0) is 20.5. The summed E-state index contributed by atoms with van der Waals surface area (Å²) in [4.78, 5) is 27.8. The Labute approximate surface area is 178 Å². The molecule has 3 atom stereocenters. The lowest BCUT2D eigenvalue weighted by atomic mass is 9.85. The molecule has 6 heteroatoms. The van der Waals surface area contributed by atoms with E-state index >= 15 is 0 Å². The van der Waals surface area contributed by atoms with Gasteiger partial charge in [-0.2, -0.15) is 5.06 Å². The number of hydroxylamine groups is 2. The van der Waals surface area contributed by atoms with Gasteiger partial charge in [0.05, 0.1) is 18.2 Å². The number of carbonyl (C=O) groups excluding carboxylic acids is 1. The van der Waals surface area contributed by atoms with Crippen LogP contribution >= 0.6 is 0 Å². The Hall–Kier alpha value is -2.44. The highest BCUT2D eigenvalue weighted by atomic mass is 16.7. The van der Waals surface area contributed by atoms with Crippen molar-refractivity contribution in [1.82, 2.24) is 14.9 Å². The number of pyridine rings is 1. The van der Waals surface area contributed by atoms with Crippen molar-refractivity contribution < 1.29 is 9.63 Å². The normalized spacial score (nSPS) is 27.2. The van der Waals surface area contributed by atoms with Crippen molar-refractivity contribution in [3.8, 4) is 0 Å². The van der Waals surface area contributed by atoms with E-state index < -0.39 is 0 Å². The molecule has 3 aliphatic rings. The van der Waals surface area contributed by atoms with Gasteiger partial charge in [0.25, 0.3) is 5.91 Å². The second-order valence-electron chi connectivity index (χ2n) is 8.76. The SMILES string of the molecule is CN1OC[C@@H]2CN(C(=O)c3cccnc3)[C@H](c3ccc(N4CCCCC4)cc3)C[C@@H]21. The summed E-state index contributed by atoms with van der Waals surface area (Å²) in [6.07, 6.45) is 8.14. The van der Waals surface area contributed by atoms with Crippen LogP contribution in [-0.2, 0) is 4.84 Å². The molecule has 0 spiro atoms. The Morgan fingerprint density at radius 1 is 1.10 bits per heavy atom. The van der Waals surface area contributed by atoms with Crippen LogP contribution in [0.15, 0.2) is 48.8 Å². The van der Waals surface area contributed by atoms with Gasteiger partial charge in [0.2, 0.25) is 0 Å². The molecule has 0 radical (unpaired) electrons. The number of aromatic nitrogens is 1. The average molecular weight is 407 g/mol. The van der Waals surface area contributed by atoms with E-state index in [0.717, 1.165) is 19.5 Å². The van der Waals surface area contributed by atoms with Gasteiger partial charge in [0.1, 0.15) is 0 Å².